The van der Waals surface area contributed by atoms with Gasteiger partial charge in [-0.05, 0) is 63.8 Å². The van der Waals surface area contributed by atoms with Crippen molar-refractivity contribution in [3.05, 3.63) is 85.8 Å². The van der Waals surface area contributed by atoms with Gasteiger partial charge in [-0.1, -0.05) is 47.5 Å². The zero-order valence-corrected chi connectivity index (χ0v) is 20.5. The van der Waals surface area contributed by atoms with Crippen LogP contribution in [0.15, 0.2) is 53.5 Å². The Kier molecular flexibility index (Phi) is 9.57. The van der Waals surface area contributed by atoms with E-state index in [1.165, 1.54) is 42.5 Å². The number of amides is 2. The van der Waals surface area contributed by atoms with Crippen LogP contribution in [0, 0.1) is 6.92 Å². The molecule has 0 aliphatic heterocycles. The van der Waals surface area contributed by atoms with Gasteiger partial charge in [0, 0.05) is 21.1 Å². The molecule has 0 aromatic heterocycles. The zero-order valence-electron chi connectivity index (χ0n) is 17.4. The van der Waals surface area contributed by atoms with E-state index in [-0.39, 0.29) is 40.2 Å². The second-order valence-electron chi connectivity index (χ2n) is 7.00. The Morgan fingerprint density at radius 1 is 1.15 bits per heavy atom. The number of carbonyl (C=O) groups is 2. The number of benzene rings is 2. The van der Waals surface area contributed by atoms with Crippen molar-refractivity contribution in [2.45, 2.75) is 19.0 Å². The number of hydrogen-bond donors (Lipinski definition) is 2. The molecule has 1 atom stereocenters. The van der Waals surface area contributed by atoms with Crippen molar-refractivity contribution in [2.75, 3.05) is 13.1 Å². The highest BCUT2D eigenvalue weighted by Gasteiger charge is 2.39. The lowest BCUT2D eigenvalue weighted by atomic mass is 9.96. The van der Waals surface area contributed by atoms with Gasteiger partial charge < -0.3 is 10.6 Å². The van der Waals surface area contributed by atoms with E-state index >= 15 is 0 Å². The quantitative estimate of drug-likeness (QED) is 0.362. The van der Waals surface area contributed by atoms with Gasteiger partial charge in [0.1, 0.15) is 0 Å². The minimum absolute atomic E-state index is 0.0795. The van der Waals surface area contributed by atoms with E-state index in [4.69, 9.17) is 23.2 Å². The van der Waals surface area contributed by atoms with Gasteiger partial charge >= 0.3 is 6.18 Å². The van der Waals surface area contributed by atoms with E-state index in [0.717, 1.165) is 6.08 Å². The maximum atomic E-state index is 13.7. The van der Waals surface area contributed by atoms with Gasteiger partial charge in [-0.3, -0.25) is 9.59 Å². The first-order chi connectivity index (χ1) is 15.4. The number of hydrogen-bond acceptors (Lipinski definition) is 2. The molecule has 1 unspecified atom stereocenters. The molecule has 0 aliphatic carbocycles. The molecule has 2 rings (SSSR count). The zero-order chi connectivity index (χ0) is 24.8. The average molecular weight is 564 g/mol. The molecule has 0 aliphatic rings. The molecule has 0 saturated carbocycles. The summed E-state index contributed by atoms with van der Waals surface area (Å²) in [5.74, 6) is -2.82. The van der Waals surface area contributed by atoms with E-state index in [1.54, 1.807) is 6.92 Å². The monoisotopic (exact) mass is 562 g/mol. The third kappa shape index (κ3) is 7.62. The van der Waals surface area contributed by atoms with Crippen LogP contribution in [-0.2, 0) is 4.79 Å². The van der Waals surface area contributed by atoms with E-state index in [0.29, 0.717) is 15.6 Å². The van der Waals surface area contributed by atoms with Crippen molar-refractivity contribution in [3.63, 3.8) is 0 Å². The Morgan fingerprint density at radius 2 is 1.79 bits per heavy atom. The number of rotatable bonds is 8. The fourth-order valence-corrected chi connectivity index (χ4v) is 3.86. The average Bonchev–Trinajstić information content (AvgIpc) is 2.73. The first-order valence-electron chi connectivity index (χ1n) is 9.59. The Hall–Kier alpha value is -2.29. The van der Waals surface area contributed by atoms with Gasteiger partial charge in [-0.25, -0.2) is 0 Å². The van der Waals surface area contributed by atoms with E-state index in [1.807, 2.05) is 0 Å². The molecule has 2 aromatic rings. The standard InChI is InChI=1S/C23H20BrCl2F3N2O2/c1-3-8-30-21(32)12-31-22(33)16-6-4-14(9-18(16)24)5-7-17(23(27,28)29)15-10-19(25)13(2)20(26)11-15/h3-7,9-11,17H,1,8,12H2,2H3,(H,30,32)(H,31,33)/b7-5+. The third-order valence-electron chi connectivity index (χ3n) is 4.59. The summed E-state index contributed by atoms with van der Waals surface area (Å²) in [6, 6.07) is 6.95. The van der Waals surface area contributed by atoms with Crippen molar-refractivity contribution < 1.29 is 22.8 Å². The van der Waals surface area contributed by atoms with E-state index in [2.05, 4.69) is 33.1 Å². The predicted molar refractivity (Wildman–Crippen MR) is 129 cm³/mol. The van der Waals surface area contributed by atoms with Crippen molar-refractivity contribution in [3.8, 4) is 0 Å². The molecule has 0 spiro atoms. The Bertz CT molecular complexity index is 1060. The van der Waals surface area contributed by atoms with Crippen molar-refractivity contribution in [1.29, 1.82) is 0 Å². The van der Waals surface area contributed by atoms with Crippen molar-refractivity contribution in [1.82, 2.24) is 10.6 Å². The highest BCUT2D eigenvalue weighted by atomic mass is 79.9. The van der Waals surface area contributed by atoms with Crippen LogP contribution in [0.1, 0.15) is 33.0 Å². The summed E-state index contributed by atoms with van der Waals surface area (Å²) in [4.78, 5) is 23.9. The molecular weight excluding hydrogens is 544 g/mol. The molecular formula is C23H20BrCl2F3N2O2. The van der Waals surface area contributed by atoms with E-state index in [9.17, 15) is 22.8 Å². The molecule has 4 nitrogen and oxygen atoms in total. The minimum atomic E-state index is -4.57. The summed E-state index contributed by atoms with van der Waals surface area (Å²) < 4.78 is 41.5. The number of halogens is 6. The molecule has 33 heavy (non-hydrogen) atoms. The normalized spacial score (nSPS) is 12.5. The van der Waals surface area contributed by atoms with Crippen molar-refractivity contribution >= 4 is 57.0 Å². The van der Waals surface area contributed by atoms with Crippen LogP contribution >= 0.6 is 39.1 Å². The first kappa shape index (κ1) is 27.0. The lowest BCUT2D eigenvalue weighted by Crippen LogP contribution is -2.37. The molecule has 0 saturated heterocycles. The van der Waals surface area contributed by atoms with Gasteiger partial charge in [0.15, 0.2) is 0 Å². The summed E-state index contributed by atoms with van der Waals surface area (Å²) in [5, 5.41) is 5.29. The van der Waals surface area contributed by atoms with Crippen LogP contribution in [0.4, 0.5) is 13.2 Å². The third-order valence-corrected chi connectivity index (χ3v) is 6.03. The molecule has 2 amide bonds. The van der Waals surface area contributed by atoms with Crippen LogP contribution in [0.2, 0.25) is 10.0 Å². The summed E-state index contributed by atoms with van der Waals surface area (Å²) in [6.07, 6.45) is -0.757. The Balaban J connectivity index is 2.21. The lowest BCUT2D eigenvalue weighted by molar-refractivity contribution is -0.139. The summed E-state index contributed by atoms with van der Waals surface area (Å²) in [7, 11) is 0. The summed E-state index contributed by atoms with van der Waals surface area (Å²) >= 11 is 15.3. The van der Waals surface area contributed by atoms with Crippen LogP contribution in [0.5, 0.6) is 0 Å². The second kappa shape index (κ2) is 11.7. The maximum absolute atomic E-state index is 13.7. The lowest BCUT2D eigenvalue weighted by Gasteiger charge is -2.19. The molecule has 0 bridgehead atoms. The molecule has 2 N–H and O–H groups in total. The molecule has 2 aromatic carbocycles. The number of allylic oxidation sites excluding steroid dienone is 1. The van der Waals surface area contributed by atoms with Gasteiger partial charge in [-0.15, -0.1) is 6.58 Å². The summed E-state index contributed by atoms with van der Waals surface area (Å²) in [5.41, 5.74) is 1.08. The number of nitrogens with one attached hydrogen (secondary N) is 2. The van der Waals surface area contributed by atoms with E-state index < -0.39 is 18.0 Å². The van der Waals surface area contributed by atoms with Crippen molar-refractivity contribution in [2.24, 2.45) is 0 Å². The fraction of sp³-hybridized carbons (Fsp3) is 0.217. The fourth-order valence-electron chi connectivity index (χ4n) is 2.78. The minimum Gasteiger partial charge on any atom is -0.351 e. The van der Waals surface area contributed by atoms with Crippen LogP contribution in [-0.4, -0.2) is 31.1 Å². The highest BCUT2D eigenvalue weighted by molar-refractivity contribution is 9.10. The van der Waals surface area contributed by atoms with Gasteiger partial charge in [0.2, 0.25) is 5.91 Å². The van der Waals surface area contributed by atoms with Crippen LogP contribution < -0.4 is 10.6 Å². The number of carbonyl (C=O) groups excluding carboxylic acids is 2. The Labute approximate surface area is 208 Å². The van der Waals surface area contributed by atoms with Crippen LogP contribution in [0.3, 0.4) is 0 Å². The Morgan fingerprint density at radius 3 is 2.33 bits per heavy atom. The molecule has 10 heteroatoms. The second-order valence-corrected chi connectivity index (χ2v) is 8.67. The van der Waals surface area contributed by atoms with Gasteiger partial charge in [0.05, 0.1) is 18.0 Å². The molecule has 0 heterocycles. The maximum Gasteiger partial charge on any atom is 0.399 e. The highest BCUT2D eigenvalue weighted by Crippen LogP contribution is 2.39. The number of alkyl halides is 3. The summed E-state index contributed by atoms with van der Waals surface area (Å²) in [6.45, 7) is 5.15. The van der Waals surface area contributed by atoms with Crippen LogP contribution in [0.25, 0.3) is 6.08 Å². The predicted octanol–water partition coefficient (Wildman–Crippen LogP) is 6.46. The SMILES string of the molecule is C=CCNC(=O)CNC(=O)c1ccc(/C=C/C(c2cc(Cl)c(C)c(Cl)c2)C(F)(F)F)cc1Br. The molecule has 0 fully saturated rings. The smallest absolute Gasteiger partial charge is 0.351 e. The topological polar surface area (TPSA) is 58.2 Å². The molecule has 176 valence electrons. The largest absolute Gasteiger partial charge is 0.399 e. The first-order valence-corrected chi connectivity index (χ1v) is 11.1. The van der Waals surface area contributed by atoms with Gasteiger partial charge in [-0.2, -0.15) is 13.2 Å². The van der Waals surface area contributed by atoms with Gasteiger partial charge in [0.25, 0.3) is 5.91 Å². The molecule has 0 radical (unpaired) electrons.